The summed E-state index contributed by atoms with van der Waals surface area (Å²) in [6.45, 7) is 14.2. The van der Waals surface area contributed by atoms with Gasteiger partial charge in [-0.1, -0.05) is 42.8 Å². The molecule has 0 saturated carbocycles. The number of benzene rings is 1. The molecule has 2 aromatic rings. The molecule has 43 heavy (non-hydrogen) atoms. The average Bonchev–Trinajstić information content (AvgIpc) is 3.40. The van der Waals surface area contributed by atoms with Crippen molar-refractivity contribution in [1.29, 1.82) is 0 Å². The van der Waals surface area contributed by atoms with Crippen molar-refractivity contribution < 1.29 is 33.4 Å². The zero-order chi connectivity index (χ0) is 32.3. The van der Waals surface area contributed by atoms with Crippen molar-refractivity contribution in [2.45, 2.75) is 92.4 Å². The zero-order valence-corrected chi connectivity index (χ0v) is 27.5. The second-order valence-corrected chi connectivity index (χ2v) is 12.5. The second-order valence-electron chi connectivity index (χ2n) is 11.6. The van der Waals surface area contributed by atoms with Crippen molar-refractivity contribution >= 4 is 35.3 Å². The molecule has 1 aromatic heterocycles. The first-order valence-electron chi connectivity index (χ1n) is 14.4. The largest absolute Gasteiger partial charge is 0.466 e. The van der Waals surface area contributed by atoms with E-state index in [1.165, 1.54) is 23.2 Å². The van der Waals surface area contributed by atoms with E-state index in [2.05, 4.69) is 10.3 Å². The number of nitrogens with zero attached hydrogens (tertiary/aromatic N) is 2. The molecule has 0 aliphatic carbocycles. The van der Waals surface area contributed by atoms with E-state index >= 15 is 0 Å². The fourth-order valence-electron chi connectivity index (χ4n) is 4.37. The lowest BCUT2D eigenvalue weighted by atomic mass is 9.96. The maximum Gasteiger partial charge on any atom is 0.414 e. The van der Waals surface area contributed by atoms with Crippen LogP contribution in [0.5, 0.6) is 0 Å². The summed E-state index contributed by atoms with van der Waals surface area (Å²) < 4.78 is 16.3. The van der Waals surface area contributed by atoms with E-state index in [-0.39, 0.29) is 30.7 Å². The number of thiazole rings is 1. The summed E-state index contributed by atoms with van der Waals surface area (Å²) in [6, 6.07) is 9.34. The van der Waals surface area contributed by atoms with Crippen LogP contribution >= 0.6 is 11.3 Å². The van der Waals surface area contributed by atoms with Gasteiger partial charge in [-0.15, -0.1) is 11.3 Å². The highest BCUT2D eigenvalue weighted by Gasteiger charge is 2.29. The molecule has 10 nitrogen and oxygen atoms in total. The van der Waals surface area contributed by atoms with Gasteiger partial charge < -0.3 is 19.5 Å². The number of hydrogen-bond donors (Lipinski definition) is 1. The van der Waals surface area contributed by atoms with Crippen molar-refractivity contribution in [3.05, 3.63) is 63.2 Å². The van der Waals surface area contributed by atoms with Gasteiger partial charge in [0, 0.05) is 37.5 Å². The molecule has 0 aliphatic rings. The van der Waals surface area contributed by atoms with Crippen molar-refractivity contribution in [3.8, 4) is 0 Å². The van der Waals surface area contributed by atoms with Gasteiger partial charge in [-0.3, -0.25) is 19.3 Å². The van der Waals surface area contributed by atoms with Gasteiger partial charge in [0.15, 0.2) is 6.10 Å². The van der Waals surface area contributed by atoms with Crippen LogP contribution in [0.4, 0.5) is 4.79 Å². The molecule has 0 bridgehead atoms. The number of esters is 2. The third-order valence-corrected chi connectivity index (χ3v) is 7.29. The van der Waals surface area contributed by atoms with Crippen LogP contribution in [0.1, 0.15) is 95.4 Å². The zero-order valence-electron chi connectivity index (χ0n) is 26.7. The van der Waals surface area contributed by atoms with Gasteiger partial charge in [-0.25, -0.2) is 9.78 Å². The quantitative estimate of drug-likeness (QED) is 0.208. The number of carbonyl (C=O) groups is 4. The lowest BCUT2D eigenvalue weighted by Gasteiger charge is -2.28. The van der Waals surface area contributed by atoms with Gasteiger partial charge in [0.05, 0.1) is 12.5 Å². The topological polar surface area (TPSA) is 124 Å². The third kappa shape index (κ3) is 11.8. The molecule has 1 N–H and O–H groups in total. The first-order chi connectivity index (χ1) is 20.1. The van der Waals surface area contributed by atoms with Crippen LogP contribution in [0.15, 0.2) is 47.0 Å². The predicted molar refractivity (Wildman–Crippen MR) is 165 cm³/mol. The number of ether oxygens (including phenoxy) is 3. The van der Waals surface area contributed by atoms with E-state index in [1.54, 1.807) is 47.0 Å². The number of hydrogen-bond acceptors (Lipinski definition) is 9. The maximum absolute atomic E-state index is 13.4. The highest BCUT2D eigenvalue weighted by atomic mass is 32.1. The van der Waals surface area contributed by atoms with Crippen LogP contribution in [0.25, 0.3) is 0 Å². The Kier molecular flexibility index (Phi) is 13.4. The number of allylic oxidation sites excluding steroid dienone is 1. The Hall–Kier alpha value is -3.73. The molecular formula is C32H45N3O7S. The van der Waals surface area contributed by atoms with E-state index in [0.717, 1.165) is 11.1 Å². The van der Waals surface area contributed by atoms with Gasteiger partial charge in [0.1, 0.15) is 16.3 Å². The Morgan fingerprint density at radius 1 is 1.07 bits per heavy atom. The molecule has 1 heterocycles. The standard InChI is InChI=1S/C32H45N3O7S/c1-10-40-30(38)21(4)16-24(17-23-14-12-11-13-15-23)33-28(37)25-19-43-29(34-25)27(41-22(5)36)18-26(20(2)3)35(9)31(39)42-32(6,7)8/h11-15,19,21,24,27H,10,16-18H2,1-9H3,(H,33,37)/t21-,24+,27+/m0/s1. The second kappa shape index (κ2) is 16.2. The van der Waals surface area contributed by atoms with Crippen LogP contribution in [0.3, 0.4) is 0 Å². The molecule has 0 unspecified atom stereocenters. The first kappa shape index (κ1) is 35.5. The summed E-state index contributed by atoms with van der Waals surface area (Å²) >= 11 is 1.19. The van der Waals surface area contributed by atoms with Crippen LogP contribution in [-0.4, -0.2) is 59.1 Å². The van der Waals surface area contributed by atoms with E-state index in [4.69, 9.17) is 14.2 Å². The van der Waals surface area contributed by atoms with E-state index < -0.39 is 35.6 Å². The van der Waals surface area contributed by atoms with Crippen molar-refractivity contribution in [2.24, 2.45) is 5.92 Å². The van der Waals surface area contributed by atoms with Gasteiger partial charge in [-0.2, -0.15) is 0 Å². The summed E-state index contributed by atoms with van der Waals surface area (Å²) in [7, 11) is 1.60. The van der Waals surface area contributed by atoms with Gasteiger partial charge in [0.2, 0.25) is 0 Å². The summed E-state index contributed by atoms with van der Waals surface area (Å²) in [5.74, 6) is -1.66. The minimum Gasteiger partial charge on any atom is -0.466 e. The normalized spacial score (nSPS) is 13.2. The minimum atomic E-state index is -0.831. The molecule has 2 amide bonds. The highest BCUT2D eigenvalue weighted by molar-refractivity contribution is 7.09. The van der Waals surface area contributed by atoms with Crippen LogP contribution in [-0.2, 0) is 30.2 Å². The predicted octanol–water partition coefficient (Wildman–Crippen LogP) is 6.23. The molecule has 0 saturated heterocycles. The van der Waals surface area contributed by atoms with Crippen LogP contribution in [0, 0.1) is 5.92 Å². The third-order valence-electron chi connectivity index (χ3n) is 6.35. The van der Waals surface area contributed by atoms with Crippen molar-refractivity contribution in [2.75, 3.05) is 13.7 Å². The van der Waals surface area contributed by atoms with E-state index in [0.29, 0.717) is 23.5 Å². The summed E-state index contributed by atoms with van der Waals surface area (Å²) in [6.07, 6.45) is -0.314. The summed E-state index contributed by atoms with van der Waals surface area (Å²) in [5, 5.41) is 5.05. The Bertz CT molecular complexity index is 1280. The lowest BCUT2D eigenvalue weighted by molar-refractivity contribution is -0.148. The minimum absolute atomic E-state index is 0.153. The van der Waals surface area contributed by atoms with E-state index in [9.17, 15) is 19.2 Å². The molecule has 236 valence electrons. The number of carbonyl (C=O) groups excluding carboxylic acids is 4. The molecular weight excluding hydrogens is 570 g/mol. The Labute approximate surface area is 258 Å². The van der Waals surface area contributed by atoms with Crippen LogP contribution < -0.4 is 5.32 Å². The van der Waals surface area contributed by atoms with Gasteiger partial charge in [0.25, 0.3) is 5.91 Å². The lowest BCUT2D eigenvalue weighted by Crippen LogP contribution is -2.39. The summed E-state index contributed by atoms with van der Waals surface area (Å²) in [5.41, 5.74) is 1.94. The number of aromatic nitrogens is 1. The molecule has 0 spiro atoms. The van der Waals surface area contributed by atoms with E-state index in [1.807, 2.05) is 44.2 Å². The molecule has 1 aromatic carbocycles. The molecule has 0 aliphatic heterocycles. The molecule has 0 radical (unpaired) electrons. The molecule has 2 rings (SSSR count). The molecule has 3 atom stereocenters. The maximum atomic E-state index is 13.4. The van der Waals surface area contributed by atoms with Crippen molar-refractivity contribution in [1.82, 2.24) is 15.2 Å². The summed E-state index contributed by atoms with van der Waals surface area (Å²) in [4.78, 5) is 56.5. The highest BCUT2D eigenvalue weighted by Crippen LogP contribution is 2.31. The van der Waals surface area contributed by atoms with Gasteiger partial charge >= 0.3 is 18.0 Å². The fraction of sp³-hybridized carbons (Fsp3) is 0.531. The average molecular weight is 616 g/mol. The van der Waals surface area contributed by atoms with Gasteiger partial charge in [-0.05, 0) is 59.9 Å². The fourth-order valence-corrected chi connectivity index (χ4v) is 5.20. The number of nitrogens with one attached hydrogen (secondary N) is 1. The SMILES string of the molecule is CCOC(=O)[C@@H](C)C[C@H](Cc1ccccc1)NC(=O)c1csc([C@@H](CC(=C(C)C)N(C)C(=O)OC(C)(C)C)OC(C)=O)n1. The number of rotatable bonds is 13. The van der Waals surface area contributed by atoms with Crippen LogP contribution in [0.2, 0.25) is 0 Å². The first-order valence-corrected chi connectivity index (χ1v) is 15.3. The molecule has 11 heteroatoms. The molecule has 0 fully saturated rings. The number of amides is 2. The Morgan fingerprint density at radius 3 is 2.28 bits per heavy atom. The van der Waals surface area contributed by atoms with Crippen molar-refractivity contribution in [3.63, 3.8) is 0 Å². The Balaban J connectivity index is 2.28. The Morgan fingerprint density at radius 2 is 1.72 bits per heavy atom. The monoisotopic (exact) mass is 615 g/mol. The smallest absolute Gasteiger partial charge is 0.414 e.